The Bertz CT molecular complexity index is 542. The minimum Gasteiger partial charge on any atom is -0.301 e. The normalized spacial score (nSPS) is 10.6. The molecular formula is C12H13ClN2S. The van der Waals surface area contributed by atoms with Crippen LogP contribution < -0.4 is 0 Å². The number of H-pyrrole nitrogens is 1. The van der Waals surface area contributed by atoms with Crippen molar-refractivity contribution in [3.8, 4) is 0 Å². The van der Waals surface area contributed by atoms with Gasteiger partial charge in [0.15, 0.2) is 0 Å². The van der Waals surface area contributed by atoms with E-state index in [1.807, 2.05) is 35.0 Å². The first-order valence-corrected chi connectivity index (χ1v) is 6.01. The first-order chi connectivity index (χ1) is 7.70. The van der Waals surface area contributed by atoms with Crippen molar-refractivity contribution in [2.45, 2.75) is 19.9 Å². The van der Waals surface area contributed by atoms with Gasteiger partial charge in [0.2, 0.25) is 0 Å². The lowest BCUT2D eigenvalue weighted by Crippen LogP contribution is -2.02. The molecule has 2 aromatic rings. The second kappa shape index (κ2) is 4.85. The van der Waals surface area contributed by atoms with E-state index in [9.17, 15) is 0 Å². The Labute approximate surface area is 105 Å². The largest absolute Gasteiger partial charge is 0.301 e. The molecule has 0 unspecified atom stereocenters. The van der Waals surface area contributed by atoms with Crippen LogP contribution in [0.2, 0.25) is 5.02 Å². The van der Waals surface area contributed by atoms with E-state index in [4.69, 9.17) is 23.8 Å². The molecule has 1 aromatic heterocycles. The molecule has 1 aromatic carbocycles. The van der Waals surface area contributed by atoms with Crippen LogP contribution >= 0.6 is 23.8 Å². The first-order valence-electron chi connectivity index (χ1n) is 5.23. The van der Waals surface area contributed by atoms with Gasteiger partial charge in [-0.25, -0.2) is 0 Å². The third-order valence-corrected chi connectivity index (χ3v) is 3.22. The summed E-state index contributed by atoms with van der Waals surface area (Å²) in [5.74, 6) is 0. The minimum absolute atomic E-state index is 0.693. The summed E-state index contributed by atoms with van der Waals surface area (Å²) in [7, 11) is 0. The Morgan fingerprint density at radius 1 is 1.38 bits per heavy atom. The van der Waals surface area contributed by atoms with Gasteiger partial charge in [-0.05, 0) is 24.1 Å². The van der Waals surface area contributed by atoms with Crippen LogP contribution in [0.3, 0.4) is 0 Å². The number of aromatic nitrogens is 2. The number of aryl methyl sites for hydroxylation is 1. The molecule has 0 bridgehead atoms. The summed E-state index contributed by atoms with van der Waals surface area (Å²) in [6.07, 6.45) is 0.958. The van der Waals surface area contributed by atoms with Crippen molar-refractivity contribution < 1.29 is 0 Å². The number of halogens is 1. The van der Waals surface area contributed by atoms with E-state index < -0.39 is 0 Å². The van der Waals surface area contributed by atoms with Crippen molar-refractivity contribution >= 4 is 23.8 Å². The SMILES string of the molecule is CCc1cc(=S)n(Cc2ccccc2Cl)[nH]1. The molecule has 0 aliphatic heterocycles. The fraction of sp³-hybridized carbons (Fsp3) is 0.250. The Morgan fingerprint density at radius 2 is 2.12 bits per heavy atom. The minimum atomic E-state index is 0.693. The molecule has 0 radical (unpaired) electrons. The Hall–Kier alpha value is -1.06. The smallest absolute Gasteiger partial charge is 0.122 e. The maximum Gasteiger partial charge on any atom is 0.122 e. The zero-order valence-corrected chi connectivity index (χ0v) is 10.6. The van der Waals surface area contributed by atoms with Crippen LogP contribution in [0.4, 0.5) is 0 Å². The molecule has 0 aliphatic rings. The number of hydrogen-bond acceptors (Lipinski definition) is 1. The van der Waals surface area contributed by atoms with Gasteiger partial charge in [0, 0.05) is 10.7 Å². The molecule has 0 spiro atoms. The number of hydrogen-bond donors (Lipinski definition) is 1. The second-order valence-corrected chi connectivity index (χ2v) is 4.48. The van der Waals surface area contributed by atoms with Gasteiger partial charge in [-0.3, -0.25) is 4.68 Å². The summed E-state index contributed by atoms with van der Waals surface area (Å²) in [6.45, 7) is 2.79. The number of nitrogens with one attached hydrogen (secondary N) is 1. The van der Waals surface area contributed by atoms with E-state index in [1.165, 1.54) is 0 Å². The maximum atomic E-state index is 6.11. The highest BCUT2D eigenvalue weighted by Crippen LogP contribution is 2.16. The lowest BCUT2D eigenvalue weighted by Gasteiger charge is -2.05. The van der Waals surface area contributed by atoms with E-state index in [0.29, 0.717) is 6.54 Å². The van der Waals surface area contributed by atoms with Gasteiger partial charge >= 0.3 is 0 Å². The van der Waals surface area contributed by atoms with Crippen molar-refractivity contribution in [3.05, 3.63) is 51.3 Å². The van der Waals surface area contributed by atoms with Crippen molar-refractivity contribution in [1.29, 1.82) is 0 Å². The van der Waals surface area contributed by atoms with Crippen molar-refractivity contribution in [1.82, 2.24) is 9.78 Å². The molecule has 84 valence electrons. The van der Waals surface area contributed by atoms with Gasteiger partial charge in [0.1, 0.15) is 4.64 Å². The van der Waals surface area contributed by atoms with E-state index >= 15 is 0 Å². The van der Waals surface area contributed by atoms with Crippen molar-refractivity contribution in [3.63, 3.8) is 0 Å². The van der Waals surface area contributed by atoms with Crippen LogP contribution in [0, 0.1) is 4.64 Å². The summed E-state index contributed by atoms with van der Waals surface area (Å²) >= 11 is 11.4. The zero-order valence-electron chi connectivity index (χ0n) is 9.03. The predicted molar refractivity (Wildman–Crippen MR) is 69.5 cm³/mol. The number of rotatable bonds is 3. The van der Waals surface area contributed by atoms with Gasteiger partial charge < -0.3 is 5.10 Å². The summed E-state index contributed by atoms with van der Waals surface area (Å²) in [4.78, 5) is 0. The highest BCUT2D eigenvalue weighted by Gasteiger charge is 2.02. The Kier molecular flexibility index (Phi) is 3.46. The monoisotopic (exact) mass is 252 g/mol. The molecule has 2 nitrogen and oxygen atoms in total. The fourth-order valence-electron chi connectivity index (χ4n) is 1.58. The van der Waals surface area contributed by atoms with Crippen LogP contribution in [0.1, 0.15) is 18.2 Å². The molecule has 0 saturated heterocycles. The Balaban J connectivity index is 2.30. The molecular weight excluding hydrogens is 240 g/mol. The van der Waals surface area contributed by atoms with Crippen molar-refractivity contribution in [2.75, 3.05) is 0 Å². The molecule has 1 N–H and O–H groups in total. The summed E-state index contributed by atoms with van der Waals surface area (Å²) in [6, 6.07) is 9.80. The molecule has 1 heterocycles. The summed E-state index contributed by atoms with van der Waals surface area (Å²) in [5.41, 5.74) is 2.22. The summed E-state index contributed by atoms with van der Waals surface area (Å²) < 4.78 is 2.76. The van der Waals surface area contributed by atoms with E-state index in [-0.39, 0.29) is 0 Å². The van der Waals surface area contributed by atoms with Crippen LogP contribution in [0.5, 0.6) is 0 Å². The van der Waals surface area contributed by atoms with Gasteiger partial charge in [0.05, 0.1) is 6.54 Å². The third kappa shape index (κ3) is 2.36. The van der Waals surface area contributed by atoms with Crippen LogP contribution in [-0.2, 0) is 13.0 Å². The summed E-state index contributed by atoms with van der Waals surface area (Å²) in [5, 5.41) is 4.04. The van der Waals surface area contributed by atoms with Gasteiger partial charge in [0.25, 0.3) is 0 Å². The van der Waals surface area contributed by atoms with Gasteiger partial charge in [-0.1, -0.05) is 48.9 Å². The lowest BCUT2D eigenvalue weighted by atomic mass is 10.2. The van der Waals surface area contributed by atoms with E-state index in [1.54, 1.807) is 0 Å². The number of nitrogens with zero attached hydrogens (tertiary/aromatic N) is 1. The van der Waals surface area contributed by atoms with Gasteiger partial charge in [-0.15, -0.1) is 0 Å². The number of benzene rings is 1. The Morgan fingerprint density at radius 3 is 2.75 bits per heavy atom. The first kappa shape index (κ1) is 11.4. The topological polar surface area (TPSA) is 20.7 Å². The average molecular weight is 253 g/mol. The molecule has 2 rings (SSSR count). The fourth-order valence-corrected chi connectivity index (χ4v) is 2.03. The quantitative estimate of drug-likeness (QED) is 0.824. The zero-order chi connectivity index (χ0) is 11.5. The molecule has 0 amide bonds. The lowest BCUT2D eigenvalue weighted by molar-refractivity contribution is 0.665. The molecule has 0 aliphatic carbocycles. The molecule has 16 heavy (non-hydrogen) atoms. The van der Waals surface area contributed by atoms with Crippen molar-refractivity contribution in [2.24, 2.45) is 0 Å². The maximum absolute atomic E-state index is 6.11. The van der Waals surface area contributed by atoms with Gasteiger partial charge in [-0.2, -0.15) is 0 Å². The molecule has 0 fully saturated rings. The molecule has 0 atom stereocenters. The second-order valence-electron chi connectivity index (χ2n) is 3.65. The standard InChI is InChI=1S/C12H13ClN2S/c1-2-10-7-12(16)15(14-10)8-9-5-3-4-6-11(9)13/h3-7,14H,2,8H2,1H3. The van der Waals surface area contributed by atoms with Crippen LogP contribution in [-0.4, -0.2) is 9.78 Å². The highest BCUT2D eigenvalue weighted by atomic mass is 35.5. The van der Waals surface area contributed by atoms with Crippen LogP contribution in [0.25, 0.3) is 0 Å². The molecule has 4 heteroatoms. The van der Waals surface area contributed by atoms with E-state index in [0.717, 1.165) is 27.3 Å². The number of aromatic amines is 1. The average Bonchev–Trinajstić information content (AvgIpc) is 2.63. The molecule has 0 saturated carbocycles. The highest BCUT2D eigenvalue weighted by molar-refractivity contribution is 7.71. The predicted octanol–water partition coefficient (Wildman–Crippen LogP) is 3.81. The third-order valence-electron chi connectivity index (χ3n) is 2.51. The van der Waals surface area contributed by atoms with Crippen LogP contribution in [0.15, 0.2) is 30.3 Å². The van der Waals surface area contributed by atoms with E-state index in [2.05, 4.69) is 12.0 Å².